The number of hydrogen-bond donors (Lipinski definition) is 2. The lowest BCUT2D eigenvalue weighted by Gasteiger charge is -2.15. The van der Waals surface area contributed by atoms with Crippen molar-refractivity contribution in [1.82, 2.24) is 5.32 Å². The van der Waals surface area contributed by atoms with Crippen LogP contribution in [0.3, 0.4) is 0 Å². The number of carboxylic acids is 1. The molecule has 1 amide bonds. The van der Waals surface area contributed by atoms with Gasteiger partial charge in [-0.1, -0.05) is 54.6 Å². The van der Waals surface area contributed by atoms with E-state index in [2.05, 4.69) is 5.32 Å². The minimum atomic E-state index is -1.02. The zero-order valence-electron chi connectivity index (χ0n) is 14.3. The molecule has 0 fully saturated rings. The average molecular weight is 379 g/mol. The van der Waals surface area contributed by atoms with E-state index in [0.29, 0.717) is 16.0 Å². The van der Waals surface area contributed by atoms with Crippen molar-refractivity contribution in [1.29, 1.82) is 0 Å². The molecule has 0 saturated carbocycles. The molecule has 2 aromatic carbocycles. The number of amides is 1. The predicted octanol–water partition coefficient (Wildman–Crippen LogP) is 3.58. The third-order valence-electron chi connectivity index (χ3n) is 4.13. The Kier molecular flexibility index (Phi) is 5.78. The quantitative estimate of drug-likeness (QED) is 0.615. The molecule has 1 aromatic heterocycles. The molecule has 1 atom stereocenters. The molecule has 2 N–H and O–H groups in total. The Labute approximate surface area is 160 Å². The van der Waals surface area contributed by atoms with Crippen LogP contribution >= 0.6 is 11.3 Å². The summed E-state index contributed by atoms with van der Waals surface area (Å²) in [5.41, 5.74) is 1.13. The molecule has 1 heterocycles. The number of aliphatic carboxylic acids is 1. The van der Waals surface area contributed by atoms with Gasteiger partial charge in [0.2, 0.25) is 5.78 Å². The van der Waals surface area contributed by atoms with Crippen LogP contribution in [0.1, 0.15) is 37.1 Å². The van der Waals surface area contributed by atoms with Gasteiger partial charge in [0.15, 0.2) is 0 Å². The van der Waals surface area contributed by atoms with Gasteiger partial charge >= 0.3 is 5.97 Å². The van der Waals surface area contributed by atoms with Crippen molar-refractivity contribution in [3.8, 4) is 0 Å². The van der Waals surface area contributed by atoms with Crippen LogP contribution < -0.4 is 5.32 Å². The van der Waals surface area contributed by atoms with Crippen LogP contribution in [0.4, 0.5) is 0 Å². The van der Waals surface area contributed by atoms with Gasteiger partial charge in [0.05, 0.1) is 16.4 Å². The Bertz CT molecular complexity index is 951. The number of thiophene rings is 1. The number of nitrogens with one attached hydrogen (secondary N) is 1. The molecule has 27 heavy (non-hydrogen) atoms. The first-order valence-corrected chi connectivity index (χ1v) is 9.19. The highest BCUT2D eigenvalue weighted by molar-refractivity contribution is 7.12. The number of benzene rings is 2. The van der Waals surface area contributed by atoms with Crippen LogP contribution in [0.15, 0.2) is 72.1 Å². The molecule has 5 nitrogen and oxygen atoms in total. The fourth-order valence-electron chi connectivity index (χ4n) is 2.74. The first-order chi connectivity index (χ1) is 13.1. The average Bonchev–Trinajstić information content (AvgIpc) is 3.23. The van der Waals surface area contributed by atoms with Crippen LogP contribution in [0.5, 0.6) is 0 Å². The van der Waals surface area contributed by atoms with E-state index in [4.69, 9.17) is 0 Å². The van der Waals surface area contributed by atoms with E-state index in [1.54, 1.807) is 72.1 Å². The Morgan fingerprint density at radius 2 is 1.56 bits per heavy atom. The van der Waals surface area contributed by atoms with E-state index in [1.165, 1.54) is 11.3 Å². The molecular formula is C21H17NO4S. The molecule has 136 valence electrons. The lowest BCUT2D eigenvalue weighted by atomic mass is 9.98. The summed E-state index contributed by atoms with van der Waals surface area (Å²) in [4.78, 5) is 37.4. The Morgan fingerprint density at radius 1 is 0.889 bits per heavy atom. The molecule has 0 aliphatic heterocycles. The van der Waals surface area contributed by atoms with Crippen molar-refractivity contribution in [3.63, 3.8) is 0 Å². The lowest BCUT2D eigenvalue weighted by Crippen LogP contribution is -2.32. The van der Waals surface area contributed by atoms with Crippen LogP contribution in [0.2, 0.25) is 0 Å². The van der Waals surface area contributed by atoms with Gasteiger partial charge in [-0.15, -0.1) is 11.3 Å². The van der Waals surface area contributed by atoms with E-state index in [1.807, 2.05) is 0 Å². The topological polar surface area (TPSA) is 83.5 Å². The largest absolute Gasteiger partial charge is 0.481 e. The van der Waals surface area contributed by atoms with E-state index in [9.17, 15) is 19.5 Å². The first kappa shape index (κ1) is 18.5. The zero-order valence-corrected chi connectivity index (χ0v) is 15.1. The van der Waals surface area contributed by atoms with Crippen molar-refractivity contribution in [2.45, 2.75) is 5.92 Å². The maximum absolute atomic E-state index is 12.6. The van der Waals surface area contributed by atoms with Gasteiger partial charge in [-0.2, -0.15) is 0 Å². The summed E-state index contributed by atoms with van der Waals surface area (Å²) in [5, 5.41) is 13.9. The number of rotatable bonds is 7. The summed E-state index contributed by atoms with van der Waals surface area (Å²) in [6, 6.07) is 18.7. The molecule has 6 heteroatoms. The smallest absolute Gasteiger partial charge is 0.312 e. The summed E-state index contributed by atoms with van der Waals surface area (Å²) < 4.78 is 0. The molecule has 1 unspecified atom stereocenters. The Balaban J connectivity index is 1.79. The van der Waals surface area contributed by atoms with Gasteiger partial charge in [0, 0.05) is 12.1 Å². The lowest BCUT2D eigenvalue weighted by molar-refractivity contribution is -0.138. The number of ketones is 1. The standard InChI is InChI=1S/C21H17NO4S/c23-19(18-11-6-12-27-18)15-9-4-5-10-16(15)20(24)22-13-17(21(25)26)14-7-2-1-3-8-14/h1-12,17H,13H2,(H,22,24)(H,25,26). The maximum atomic E-state index is 12.6. The minimum Gasteiger partial charge on any atom is -0.481 e. The number of carboxylic acid groups (broad SMARTS) is 1. The van der Waals surface area contributed by atoms with E-state index in [-0.39, 0.29) is 17.9 Å². The Hall–Kier alpha value is -3.25. The summed E-state index contributed by atoms with van der Waals surface area (Å²) in [5.74, 6) is -2.59. The molecule has 0 saturated heterocycles. The zero-order chi connectivity index (χ0) is 19.2. The van der Waals surface area contributed by atoms with Crippen molar-refractivity contribution in [3.05, 3.63) is 93.7 Å². The number of carbonyl (C=O) groups excluding carboxylic acids is 2. The van der Waals surface area contributed by atoms with Gasteiger partial charge in [-0.3, -0.25) is 14.4 Å². The van der Waals surface area contributed by atoms with Crippen molar-refractivity contribution in [2.75, 3.05) is 6.54 Å². The fourth-order valence-corrected chi connectivity index (χ4v) is 3.42. The first-order valence-electron chi connectivity index (χ1n) is 8.31. The van der Waals surface area contributed by atoms with Gasteiger partial charge in [-0.05, 0) is 23.1 Å². The van der Waals surface area contributed by atoms with Crippen LogP contribution in [-0.4, -0.2) is 29.3 Å². The van der Waals surface area contributed by atoms with Crippen molar-refractivity contribution < 1.29 is 19.5 Å². The highest BCUT2D eigenvalue weighted by Gasteiger charge is 2.23. The van der Waals surface area contributed by atoms with Gasteiger partial charge < -0.3 is 10.4 Å². The number of carbonyl (C=O) groups is 3. The fraction of sp³-hybridized carbons (Fsp3) is 0.0952. The predicted molar refractivity (Wildman–Crippen MR) is 103 cm³/mol. The third-order valence-corrected chi connectivity index (χ3v) is 5.00. The molecule has 0 aliphatic rings. The van der Waals surface area contributed by atoms with Gasteiger partial charge in [-0.25, -0.2) is 0 Å². The molecule has 0 bridgehead atoms. The normalized spacial score (nSPS) is 11.6. The SMILES string of the molecule is O=C(NCC(C(=O)O)c1ccccc1)c1ccccc1C(=O)c1cccs1. The second kappa shape index (κ2) is 8.42. The van der Waals surface area contributed by atoms with E-state index in [0.717, 1.165) is 0 Å². The second-order valence-corrected chi connectivity index (χ2v) is 6.81. The monoisotopic (exact) mass is 379 g/mol. The summed E-state index contributed by atoms with van der Waals surface area (Å²) in [6.45, 7) is -0.0697. The highest BCUT2D eigenvalue weighted by atomic mass is 32.1. The van der Waals surface area contributed by atoms with Crippen molar-refractivity contribution >= 4 is 29.0 Å². The van der Waals surface area contributed by atoms with E-state index < -0.39 is 17.8 Å². The van der Waals surface area contributed by atoms with Gasteiger partial charge in [0.25, 0.3) is 5.91 Å². The summed E-state index contributed by atoms with van der Waals surface area (Å²) in [7, 11) is 0. The molecular weight excluding hydrogens is 362 g/mol. The second-order valence-electron chi connectivity index (χ2n) is 5.86. The highest BCUT2D eigenvalue weighted by Crippen LogP contribution is 2.19. The molecule has 0 radical (unpaired) electrons. The maximum Gasteiger partial charge on any atom is 0.312 e. The van der Waals surface area contributed by atoms with E-state index >= 15 is 0 Å². The van der Waals surface area contributed by atoms with Gasteiger partial charge in [0.1, 0.15) is 0 Å². The minimum absolute atomic E-state index is 0.0697. The molecule has 3 aromatic rings. The van der Waals surface area contributed by atoms with Crippen molar-refractivity contribution in [2.24, 2.45) is 0 Å². The summed E-state index contributed by atoms with van der Waals surface area (Å²) >= 11 is 1.31. The molecule has 0 aliphatic carbocycles. The third kappa shape index (κ3) is 4.30. The van der Waals surface area contributed by atoms with Crippen LogP contribution in [0, 0.1) is 0 Å². The Morgan fingerprint density at radius 3 is 2.19 bits per heavy atom. The van der Waals surface area contributed by atoms with Crippen LogP contribution in [0.25, 0.3) is 0 Å². The molecule has 0 spiro atoms. The summed E-state index contributed by atoms with van der Waals surface area (Å²) in [6.07, 6.45) is 0. The van der Waals surface area contributed by atoms with Crippen LogP contribution in [-0.2, 0) is 4.79 Å². The number of hydrogen-bond acceptors (Lipinski definition) is 4. The molecule has 3 rings (SSSR count).